The van der Waals surface area contributed by atoms with Crippen molar-refractivity contribution >= 4 is 32.7 Å². The van der Waals surface area contributed by atoms with Crippen LogP contribution in [0.1, 0.15) is 5.56 Å². The number of pyridine rings is 1. The fourth-order valence-electron chi connectivity index (χ4n) is 3.01. The Bertz CT molecular complexity index is 1060. The quantitative estimate of drug-likeness (QED) is 0.607. The number of amides is 1. The molecule has 6 nitrogen and oxygen atoms in total. The zero-order chi connectivity index (χ0) is 20.1. The number of carbonyl (C=O) groups is 1. The predicted molar refractivity (Wildman–Crippen MR) is 112 cm³/mol. The Morgan fingerprint density at radius 2 is 1.86 bits per heavy atom. The summed E-state index contributed by atoms with van der Waals surface area (Å²) in [6.07, 6.45) is 2.32. The van der Waals surface area contributed by atoms with Gasteiger partial charge in [0.1, 0.15) is 6.54 Å². The first-order valence-corrected chi connectivity index (χ1v) is 9.57. The Morgan fingerprint density at radius 1 is 1.07 bits per heavy atom. The molecule has 2 aromatic carbocycles. The van der Waals surface area contributed by atoms with Gasteiger partial charge in [-0.15, -0.1) is 0 Å². The molecule has 0 aliphatic rings. The number of benzene rings is 2. The Morgan fingerprint density at radius 3 is 2.61 bits per heavy atom. The molecule has 1 heterocycles. The van der Waals surface area contributed by atoms with Crippen molar-refractivity contribution in [3.8, 4) is 11.5 Å². The minimum Gasteiger partial charge on any atom is -0.493 e. The molecule has 0 saturated heterocycles. The first-order chi connectivity index (χ1) is 13.5. The molecule has 0 saturated carbocycles. The number of nitrogens with one attached hydrogen (secondary N) is 1. The van der Waals surface area contributed by atoms with E-state index in [1.54, 1.807) is 31.0 Å². The van der Waals surface area contributed by atoms with Crippen molar-refractivity contribution in [1.82, 2.24) is 9.88 Å². The lowest BCUT2D eigenvalue weighted by molar-refractivity contribution is -0.121. The van der Waals surface area contributed by atoms with Crippen molar-refractivity contribution in [3.05, 3.63) is 68.9 Å². The second-order valence-electron chi connectivity index (χ2n) is 6.26. The Kier molecular flexibility index (Phi) is 6.36. The standard InChI is InChI=1S/C21H21BrN2O4/c1-27-19-6-3-14(11-20(19)28-2)7-9-23-21(26)13-24-10-8-18(25)16-12-15(22)4-5-17(16)24/h3-6,8,10-12H,7,9,13H2,1-2H3,(H,23,26). The fraction of sp³-hybridized carbons (Fsp3) is 0.238. The topological polar surface area (TPSA) is 69.6 Å². The highest BCUT2D eigenvalue weighted by Gasteiger charge is 2.08. The first kappa shape index (κ1) is 19.9. The molecule has 28 heavy (non-hydrogen) atoms. The van der Waals surface area contributed by atoms with E-state index in [-0.39, 0.29) is 17.9 Å². The van der Waals surface area contributed by atoms with Gasteiger partial charge in [0.25, 0.3) is 0 Å². The van der Waals surface area contributed by atoms with Crippen LogP contribution in [-0.4, -0.2) is 31.2 Å². The summed E-state index contributed by atoms with van der Waals surface area (Å²) in [4.78, 5) is 24.4. The van der Waals surface area contributed by atoms with Gasteiger partial charge in [-0.2, -0.15) is 0 Å². The van der Waals surface area contributed by atoms with Crippen LogP contribution in [0, 0.1) is 0 Å². The zero-order valence-electron chi connectivity index (χ0n) is 15.7. The van der Waals surface area contributed by atoms with E-state index in [9.17, 15) is 9.59 Å². The highest BCUT2D eigenvalue weighted by Crippen LogP contribution is 2.27. The molecule has 0 fully saturated rings. The van der Waals surface area contributed by atoms with Crippen molar-refractivity contribution in [2.24, 2.45) is 0 Å². The normalized spacial score (nSPS) is 10.7. The zero-order valence-corrected chi connectivity index (χ0v) is 17.3. The molecule has 0 aliphatic carbocycles. The number of halogens is 1. The van der Waals surface area contributed by atoms with E-state index in [0.29, 0.717) is 29.9 Å². The summed E-state index contributed by atoms with van der Waals surface area (Å²) in [7, 11) is 3.19. The second kappa shape index (κ2) is 8.93. The maximum absolute atomic E-state index is 12.4. The molecule has 0 radical (unpaired) electrons. The summed E-state index contributed by atoms with van der Waals surface area (Å²) >= 11 is 3.37. The van der Waals surface area contributed by atoms with E-state index >= 15 is 0 Å². The average molecular weight is 445 g/mol. The molecule has 0 aliphatic heterocycles. The third-order valence-electron chi connectivity index (χ3n) is 4.44. The molecular weight excluding hydrogens is 424 g/mol. The van der Waals surface area contributed by atoms with Gasteiger partial charge in [0.2, 0.25) is 5.91 Å². The first-order valence-electron chi connectivity index (χ1n) is 8.78. The van der Waals surface area contributed by atoms with Gasteiger partial charge in [-0.1, -0.05) is 22.0 Å². The van der Waals surface area contributed by atoms with Gasteiger partial charge in [0.15, 0.2) is 16.9 Å². The summed E-state index contributed by atoms with van der Waals surface area (Å²) in [6, 6.07) is 12.6. The lowest BCUT2D eigenvalue weighted by Gasteiger charge is -2.12. The van der Waals surface area contributed by atoms with Crippen LogP contribution in [0.5, 0.6) is 11.5 Å². The lowest BCUT2D eigenvalue weighted by Crippen LogP contribution is -2.29. The molecule has 1 N–H and O–H groups in total. The van der Waals surface area contributed by atoms with E-state index in [4.69, 9.17) is 9.47 Å². The Labute approximate surface area is 171 Å². The van der Waals surface area contributed by atoms with Crippen molar-refractivity contribution < 1.29 is 14.3 Å². The SMILES string of the molecule is COc1ccc(CCNC(=O)Cn2ccc(=O)c3cc(Br)ccc32)cc1OC. The van der Waals surface area contributed by atoms with Crippen molar-refractivity contribution in [3.63, 3.8) is 0 Å². The van der Waals surface area contributed by atoms with Crippen molar-refractivity contribution in [2.75, 3.05) is 20.8 Å². The summed E-state index contributed by atoms with van der Waals surface area (Å²) < 4.78 is 13.1. The van der Waals surface area contributed by atoms with E-state index in [1.165, 1.54) is 6.07 Å². The number of nitrogens with zero attached hydrogens (tertiary/aromatic N) is 1. The maximum Gasteiger partial charge on any atom is 0.239 e. The number of hydrogen-bond acceptors (Lipinski definition) is 4. The van der Waals surface area contributed by atoms with Crippen LogP contribution in [0.2, 0.25) is 0 Å². The molecule has 146 valence electrons. The molecule has 1 aromatic heterocycles. The number of hydrogen-bond donors (Lipinski definition) is 1. The number of methoxy groups -OCH3 is 2. The lowest BCUT2D eigenvalue weighted by atomic mass is 10.1. The van der Waals surface area contributed by atoms with Crippen LogP contribution in [0.15, 0.2) is 57.9 Å². The van der Waals surface area contributed by atoms with Crippen LogP contribution >= 0.6 is 15.9 Å². The maximum atomic E-state index is 12.4. The van der Waals surface area contributed by atoms with Crippen LogP contribution < -0.4 is 20.2 Å². The highest BCUT2D eigenvalue weighted by molar-refractivity contribution is 9.10. The predicted octanol–water partition coefficient (Wildman–Crippen LogP) is 3.14. The molecule has 0 bridgehead atoms. The Hall–Kier alpha value is -2.80. The van der Waals surface area contributed by atoms with E-state index < -0.39 is 0 Å². The van der Waals surface area contributed by atoms with Gasteiger partial charge in [0.05, 0.1) is 19.7 Å². The molecule has 3 rings (SSSR count). The van der Waals surface area contributed by atoms with Gasteiger partial charge >= 0.3 is 0 Å². The van der Waals surface area contributed by atoms with Crippen LogP contribution in [0.4, 0.5) is 0 Å². The molecule has 3 aromatic rings. The van der Waals surface area contributed by atoms with Gasteiger partial charge < -0.3 is 19.4 Å². The van der Waals surface area contributed by atoms with E-state index in [2.05, 4.69) is 21.2 Å². The van der Waals surface area contributed by atoms with E-state index in [1.807, 2.05) is 30.3 Å². The van der Waals surface area contributed by atoms with Crippen LogP contribution in [0.25, 0.3) is 10.9 Å². The Balaban J connectivity index is 1.63. The third-order valence-corrected chi connectivity index (χ3v) is 4.93. The van der Waals surface area contributed by atoms with Crippen LogP contribution in [0.3, 0.4) is 0 Å². The minimum absolute atomic E-state index is 0.0681. The summed E-state index contributed by atoms with van der Waals surface area (Å²) in [6.45, 7) is 0.641. The molecule has 0 unspecified atom stereocenters. The summed E-state index contributed by atoms with van der Waals surface area (Å²) in [5, 5.41) is 3.50. The van der Waals surface area contributed by atoms with Gasteiger partial charge in [-0.25, -0.2) is 0 Å². The third kappa shape index (κ3) is 4.54. The molecular formula is C21H21BrN2O4. The second-order valence-corrected chi connectivity index (χ2v) is 7.17. The number of rotatable bonds is 7. The van der Waals surface area contributed by atoms with Crippen molar-refractivity contribution in [2.45, 2.75) is 13.0 Å². The molecule has 0 spiro atoms. The van der Waals surface area contributed by atoms with Gasteiger partial charge in [-0.3, -0.25) is 9.59 Å². The molecule has 0 atom stereocenters. The van der Waals surface area contributed by atoms with E-state index in [0.717, 1.165) is 15.6 Å². The van der Waals surface area contributed by atoms with Gasteiger partial charge in [-0.05, 0) is 42.3 Å². The largest absolute Gasteiger partial charge is 0.493 e. The van der Waals surface area contributed by atoms with Gasteiger partial charge in [0, 0.05) is 28.7 Å². The smallest absolute Gasteiger partial charge is 0.239 e. The monoisotopic (exact) mass is 444 g/mol. The highest BCUT2D eigenvalue weighted by atomic mass is 79.9. The molecule has 7 heteroatoms. The number of fused-ring (bicyclic) bond motifs is 1. The average Bonchev–Trinajstić information content (AvgIpc) is 2.70. The summed E-state index contributed by atoms with van der Waals surface area (Å²) in [5.74, 6) is 1.22. The minimum atomic E-state index is -0.117. The number of aromatic nitrogens is 1. The fourth-order valence-corrected chi connectivity index (χ4v) is 3.38. The van der Waals surface area contributed by atoms with Crippen LogP contribution in [-0.2, 0) is 17.8 Å². The number of ether oxygens (including phenoxy) is 2. The summed E-state index contributed by atoms with van der Waals surface area (Å²) in [5.41, 5.74) is 1.70. The van der Waals surface area contributed by atoms with Crippen molar-refractivity contribution in [1.29, 1.82) is 0 Å². The number of carbonyl (C=O) groups excluding carboxylic acids is 1. The molecule has 1 amide bonds.